The predicted molar refractivity (Wildman–Crippen MR) is 76.3 cm³/mol. The Labute approximate surface area is 117 Å². The first-order chi connectivity index (χ1) is 8.86. The van der Waals surface area contributed by atoms with Gasteiger partial charge in [-0.2, -0.15) is 0 Å². The zero-order chi connectivity index (χ0) is 14.6. The van der Waals surface area contributed by atoms with Crippen LogP contribution in [0.4, 0.5) is 5.69 Å². The molecular formula is C13H18ClN3O2. The minimum Gasteiger partial charge on any atom is -0.355 e. The monoisotopic (exact) mass is 283 g/mol. The summed E-state index contributed by atoms with van der Waals surface area (Å²) < 4.78 is 0. The summed E-state index contributed by atoms with van der Waals surface area (Å²) in [6.07, 6.45) is 0. The Kier molecular flexibility index (Phi) is 5.32. The van der Waals surface area contributed by atoms with E-state index in [1.807, 2.05) is 0 Å². The Morgan fingerprint density at radius 2 is 1.95 bits per heavy atom. The highest BCUT2D eigenvalue weighted by atomic mass is 35.5. The Hall–Kier alpha value is -1.59. The summed E-state index contributed by atoms with van der Waals surface area (Å²) in [6.45, 7) is 3.49. The molecule has 2 atom stereocenters. The van der Waals surface area contributed by atoms with Crippen LogP contribution in [0, 0.1) is 5.92 Å². The lowest BCUT2D eigenvalue weighted by Crippen LogP contribution is -2.34. The average molecular weight is 284 g/mol. The van der Waals surface area contributed by atoms with Gasteiger partial charge in [0.25, 0.3) is 5.91 Å². The smallest absolute Gasteiger partial charge is 0.253 e. The standard InChI is InChI=1S/C13H18ClN3O2/c1-7(8(2)15)12(18)17-11-5-4-9(14)6-10(11)13(19)16-3/h4-8H,15H2,1-3H3,(H,16,19)(H,17,18). The summed E-state index contributed by atoms with van der Waals surface area (Å²) in [5.74, 6) is -0.901. The number of nitrogens with one attached hydrogen (secondary N) is 2. The number of halogens is 1. The Balaban J connectivity index is 3.01. The van der Waals surface area contributed by atoms with E-state index < -0.39 is 0 Å². The van der Waals surface area contributed by atoms with Crippen LogP contribution in [0.3, 0.4) is 0 Å². The summed E-state index contributed by atoms with van der Waals surface area (Å²) in [5, 5.41) is 5.62. The van der Waals surface area contributed by atoms with Crippen molar-refractivity contribution >= 4 is 29.1 Å². The first-order valence-electron chi connectivity index (χ1n) is 5.95. The molecule has 0 saturated carbocycles. The molecule has 4 N–H and O–H groups in total. The van der Waals surface area contributed by atoms with E-state index in [4.69, 9.17) is 17.3 Å². The maximum absolute atomic E-state index is 11.9. The summed E-state index contributed by atoms with van der Waals surface area (Å²) in [5.41, 5.74) is 6.41. The molecule has 0 aliphatic carbocycles. The number of rotatable bonds is 4. The van der Waals surface area contributed by atoms with Crippen molar-refractivity contribution in [3.05, 3.63) is 28.8 Å². The highest BCUT2D eigenvalue weighted by Crippen LogP contribution is 2.21. The third-order valence-corrected chi connectivity index (χ3v) is 3.15. The average Bonchev–Trinajstić information content (AvgIpc) is 2.38. The summed E-state index contributed by atoms with van der Waals surface area (Å²) in [6, 6.07) is 4.45. The predicted octanol–water partition coefficient (Wildman–Crippen LogP) is 1.62. The van der Waals surface area contributed by atoms with Crippen LogP contribution in [-0.4, -0.2) is 24.9 Å². The van der Waals surface area contributed by atoms with Crippen molar-refractivity contribution in [2.24, 2.45) is 11.7 Å². The van der Waals surface area contributed by atoms with Gasteiger partial charge in [-0.1, -0.05) is 18.5 Å². The molecule has 1 aromatic rings. The van der Waals surface area contributed by atoms with Crippen LogP contribution in [-0.2, 0) is 4.79 Å². The normalized spacial score (nSPS) is 13.5. The highest BCUT2D eigenvalue weighted by Gasteiger charge is 2.19. The molecule has 0 aliphatic heterocycles. The quantitative estimate of drug-likeness (QED) is 0.785. The zero-order valence-electron chi connectivity index (χ0n) is 11.2. The topological polar surface area (TPSA) is 84.2 Å². The number of amides is 2. The van der Waals surface area contributed by atoms with Gasteiger partial charge in [-0.05, 0) is 25.1 Å². The molecular weight excluding hydrogens is 266 g/mol. The largest absolute Gasteiger partial charge is 0.355 e. The van der Waals surface area contributed by atoms with E-state index in [0.717, 1.165) is 0 Å². The molecule has 1 rings (SSSR count). The van der Waals surface area contributed by atoms with Crippen molar-refractivity contribution in [3.63, 3.8) is 0 Å². The van der Waals surface area contributed by atoms with Crippen LogP contribution in [0.25, 0.3) is 0 Å². The number of anilines is 1. The lowest BCUT2D eigenvalue weighted by molar-refractivity contribution is -0.119. The molecule has 6 heteroatoms. The molecule has 0 heterocycles. The molecule has 0 aromatic heterocycles. The van der Waals surface area contributed by atoms with Crippen LogP contribution in [0.2, 0.25) is 5.02 Å². The van der Waals surface area contributed by atoms with E-state index in [0.29, 0.717) is 16.3 Å². The Morgan fingerprint density at radius 3 is 2.47 bits per heavy atom. The van der Waals surface area contributed by atoms with Gasteiger partial charge in [0.05, 0.1) is 17.2 Å². The van der Waals surface area contributed by atoms with Crippen LogP contribution >= 0.6 is 11.6 Å². The fraction of sp³-hybridized carbons (Fsp3) is 0.385. The first-order valence-corrected chi connectivity index (χ1v) is 6.32. The second kappa shape index (κ2) is 6.54. The third-order valence-electron chi connectivity index (χ3n) is 2.91. The van der Waals surface area contributed by atoms with E-state index in [1.165, 1.54) is 13.1 Å². The van der Waals surface area contributed by atoms with Gasteiger partial charge >= 0.3 is 0 Å². The lowest BCUT2D eigenvalue weighted by Gasteiger charge is -2.17. The molecule has 104 valence electrons. The van der Waals surface area contributed by atoms with Crippen molar-refractivity contribution in [2.75, 3.05) is 12.4 Å². The van der Waals surface area contributed by atoms with Crippen LogP contribution in [0.1, 0.15) is 24.2 Å². The number of hydrogen-bond acceptors (Lipinski definition) is 3. The molecule has 0 saturated heterocycles. The highest BCUT2D eigenvalue weighted by molar-refractivity contribution is 6.31. The first kappa shape index (κ1) is 15.5. The van der Waals surface area contributed by atoms with Crippen molar-refractivity contribution < 1.29 is 9.59 Å². The minimum absolute atomic E-state index is 0.234. The molecule has 2 unspecified atom stereocenters. The maximum Gasteiger partial charge on any atom is 0.253 e. The molecule has 0 fully saturated rings. The van der Waals surface area contributed by atoms with Gasteiger partial charge in [-0.25, -0.2) is 0 Å². The minimum atomic E-state index is -0.354. The summed E-state index contributed by atoms with van der Waals surface area (Å²) in [7, 11) is 1.51. The fourth-order valence-corrected chi connectivity index (χ4v) is 1.61. The molecule has 0 aliphatic rings. The Morgan fingerprint density at radius 1 is 1.32 bits per heavy atom. The molecule has 0 spiro atoms. The van der Waals surface area contributed by atoms with Crippen LogP contribution in [0.15, 0.2) is 18.2 Å². The van der Waals surface area contributed by atoms with E-state index in [9.17, 15) is 9.59 Å². The number of benzene rings is 1. The second-order valence-electron chi connectivity index (χ2n) is 4.41. The van der Waals surface area contributed by atoms with Gasteiger partial charge in [0.1, 0.15) is 0 Å². The van der Waals surface area contributed by atoms with Crippen LogP contribution < -0.4 is 16.4 Å². The van der Waals surface area contributed by atoms with E-state index in [1.54, 1.807) is 26.0 Å². The van der Waals surface area contributed by atoms with Crippen molar-refractivity contribution in [1.29, 1.82) is 0 Å². The van der Waals surface area contributed by atoms with E-state index in [-0.39, 0.29) is 23.8 Å². The van der Waals surface area contributed by atoms with Gasteiger partial charge in [0.15, 0.2) is 0 Å². The molecule has 19 heavy (non-hydrogen) atoms. The number of carbonyl (C=O) groups excluding carboxylic acids is 2. The number of hydrogen-bond donors (Lipinski definition) is 3. The molecule has 0 bridgehead atoms. The van der Waals surface area contributed by atoms with Crippen molar-refractivity contribution in [3.8, 4) is 0 Å². The van der Waals surface area contributed by atoms with Gasteiger partial charge < -0.3 is 16.4 Å². The van der Waals surface area contributed by atoms with Crippen LogP contribution in [0.5, 0.6) is 0 Å². The number of carbonyl (C=O) groups is 2. The second-order valence-corrected chi connectivity index (χ2v) is 4.84. The molecule has 5 nitrogen and oxygen atoms in total. The molecule has 0 radical (unpaired) electrons. The third kappa shape index (κ3) is 3.94. The SMILES string of the molecule is CNC(=O)c1cc(Cl)ccc1NC(=O)C(C)C(C)N. The maximum atomic E-state index is 11.9. The Bertz CT molecular complexity index is 489. The summed E-state index contributed by atoms with van der Waals surface area (Å²) >= 11 is 5.85. The molecule has 2 amide bonds. The van der Waals surface area contributed by atoms with Gasteiger partial charge in [0, 0.05) is 18.1 Å². The number of nitrogens with two attached hydrogens (primary N) is 1. The fourth-order valence-electron chi connectivity index (χ4n) is 1.43. The van der Waals surface area contributed by atoms with Crippen molar-refractivity contribution in [1.82, 2.24) is 5.32 Å². The van der Waals surface area contributed by atoms with E-state index >= 15 is 0 Å². The zero-order valence-corrected chi connectivity index (χ0v) is 11.9. The lowest BCUT2D eigenvalue weighted by atomic mass is 10.0. The van der Waals surface area contributed by atoms with Crippen molar-refractivity contribution in [2.45, 2.75) is 19.9 Å². The van der Waals surface area contributed by atoms with Gasteiger partial charge in [-0.15, -0.1) is 0 Å². The molecule has 1 aromatic carbocycles. The van der Waals surface area contributed by atoms with E-state index in [2.05, 4.69) is 10.6 Å². The van der Waals surface area contributed by atoms with Gasteiger partial charge in [-0.3, -0.25) is 9.59 Å². The van der Waals surface area contributed by atoms with Gasteiger partial charge in [0.2, 0.25) is 5.91 Å². The summed E-state index contributed by atoms with van der Waals surface area (Å²) in [4.78, 5) is 23.7.